The van der Waals surface area contributed by atoms with Gasteiger partial charge in [0.15, 0.2) is 0 Å². The van der Waals surface area contributed by atoms with Crippen LogP contribution in [0.5, 0.6) is 5.75 Å². The number of nitrogens with one attached hydrogen (secondary N) is 1. The Morgan fingerprint density at radius 3 is 2.76 bits per heavy atom. The van der Waals surface area contributed by atoms with E-state index in [0.717, 1.165) is 4.57 Å². The van der Waals surface area contributed by atoms with Crippen LogP contribution in [0.25, 0.3) is 0 Å². The molecule has 2 aromatic rings. The van der Waals surface area contributed by atoms with Crippen molar-refractivity contribution in [2.75, 3.05) is 26.0 Å². The number of methoxy groups -OCH3 is 1. The van der Waals surface area contributed by atoms with E-state index in [0.29, 0.717) is 0 Å². The topological polar surface area (TPSA) is 103 Å². The normalized spacial score (nSPS) is 11.5. The molecule has 0 atom stereocenters. The van der Waals surface area contributed by atoms with Crippen LogP contribution in [0.4, 0.5) is 24.5 Å². The lowest BCUT2D eigenvalue weighted by molar-refractivity contribution is -0.384. The SMILES string of the molecule is COc1ccc([N+](=O)[O-])cc1NC(=O)CCN(C)Cc1nccn1CC(F)(F)F. The Kier molecular flexibility index (Phi) is 7.15. The average Bonchev–Trinajstić information content (AvgIpc) is 3.04. The Balaban J connectivity index is 1.92. The number of ether oxygens (including phenoxy) is 1. The molecule has 1 aromatic carbocycles. The molecule has 0 bridgehead atoms. The predicted molar refractivity (Wildman–Crippen MR) is 97.5 cm³/mol. The number of aromatic nitrogens is 2. The van der Waals surface area contributed by atoms with E-state index < -0.39 is 23.6 Å². The van der Waals surface area contributed by atoms with Gasteiger partial charge in [0, 0.05) is 37.5 Å². The van der Waals surface area contributed by atoms with Crippen molar-refractivity contribution in [3.8, 4) is 5.75 Å². The number of carbonyl (C=O) groups is 1. The van der Waals surface area contributed by atoms with Gasteiger partial charge in [0.2, 0.25) is 5.91 Å². The Bertz CT molecular complexity index is 869. The first kappa shape index (κ1) is 22.1. The van der Waals surface area contributed by atoms with E-state index in [-0.39, 0.29) is 42.5 Å². The number of nitro benzene ring substituents is 1. The van der Waals surface area contributed by atoms with Gasteiger partial charge in [-0.3, -0.25) is 19.8 Å². The quantitative estimate of drug-likeness (QED) is 0.499. The summed E-state index contributed by atoms with van der Waals surface area (Å²) in [7, 11) is 3.02. The average molecular weight is 415 g/mol. The maximum atomic E-state index is 12.6. The standard InChI is InChI=1S/C17H20F3N5O4/c1-23(10-15-21-6-8-24(15)11-17(18,19)20)7-5-16(26)22-13-9-12(25(27)28)3-4-14(13)29-2/h3-4,6,8-9H,5,7,10-11H2,1-2H3,(H,22,26). The summed E-state index contributed by atoms with van der Waals surface area (Å²) >= 11 is 0. The minimum Gasteiger partial charge on any atom is -0.495 e. The van der Waals surface area contributed by atoms with Crippen molar-refractivity contribution in [2.24, 2.45) is 0 Å². The minimum absolute atomic E-state index is 0.0162. The van der Waals surface area contributed by atoms with Crippen LogP contribution in [0.3, 0.4) is 0 Å². The van der Waals surface area contributed by atoms with Gasteiger partial charge in [-0.15, -0.1) is 0 Å². The van der Waals surface area contributed by atoms with E-state index in [9.17, 15) is 28.1 Å². The molecular weight excluding hydrogens is 395 g/mol. The Hall–Kier alpha value is -3.15. The number of nitro groups is 1. The first-order valence-electron chi connectivity index (χ1n) is 8.46. The highest BCUT2D eigenvalue weighted by atomic mass is 19.4. The van der Waals surface area contributed by atoms with Crippen LogP contribution < -0.4 is 10.1 Å². The molecule has 12 heteroatoms. The molecule has 0 fully saturated rings. The number of amides is 1. The molecule has 158 valence electrons. The van der Waals surface area contributed by atoms with Crippen LogP contribution in [-0.4, -0.2) is 52.2 Å². The molecule has 0 aliphatic rings. The monoisotopic (exact) mass is 415 g/mol. The van der Waals surface area contributed by atoms with Gasteiger partial charge in [-0.25, -0.2) is 4.98 Å². The molecule has 0 radical (unpaired) electrons. The fraction of sp³-hybridized carbons (Fsp3) is 0.412. The first-order chi connectivity index (χ1) is 13.6. The molecule has 2 rings (SSSR count). The van der Waals surface area contributed by atoms with Crippen molar-refractivity contribution >= 4 is 17.3 Å². The summed E-state index contributed by atoms with van der Waals surface area (Å²) in [5.74, 6) is 0.0753. The predicted octanol–water partition coefficient (Wildman–Crippen LogP) is 2.82. The first-order valence-corrected chi connectivity index (χ1v) is 8.46. The third-order valence-corrected chi connectivity index (χ3v) is 3.95. The van der Waals surface area contributed by atoms with Gasteiger partial charge >= 0.3 is 6.18 Å². The van der Waals surface area contributed by atoms with Gasteiger partial charge in [-0.05, 0) is 13.1 Å². The van der Waals surface area contributed by atoms with Crippen LogP contribution in [-0.2, 0) is 17.9 Å². The molecule has 1 amide bonds. The molecule has 1 N–H and O–H groups in total. The number of anilines is 1. The molecule has 0 spiro atoms. The number of halogens is 3. The molecule has 1 heterocycles. The highest BCUT2D eigenvalue weighted by molar-refractivity contribution is 5.92. The van der Waals surface area contributed by atoms with Crippen LogP contribution in [0.2, 0.25) is 0 Å². The molecule has 0 unspecified atom stereocenters. The highest BCUT2D eigenvalue weighted by Gasteiger charge is 2.29. The zero-order valence-corrected chi connectivity index (χ0v) is 15.8. The van der Waals surface area contributed by atoms with Crippen LogP contribution in [0, 0.1) is 10.1 Å². The van der Waals surface area contributed by atoms with Gasteiger partial charge in [0.25, 0.3) is 5.69 Å². The van der Waals surface area contributed by atoms with Crippen molar-refractivity contribution in [2.45, 2.75) is 25.7 Å². The van der Waals surface area contributed by atoms with Gasteiger partial charge < -0.3 is 14.6 Å². The van der Waals surface area contributed by atoms with Gasteiger partial charge in [-0.2, -0.15) is 13.2 Å². The van der Waals surface area contributed by atoms with Gasteiger partial charge in [0.05, 0.1) is 24.3 Å². The smallest absolute Gasteiger partial charge is 0.406 e. The van der Waals surface area contributed by atoms with Gasteiger partial charge in [0.1, 0.15) is 18.1 Å². The molecular formula is C17H20F3N5O4. The fourth-order valence-corrected chi connectivity index (χ4v) is 2.56. The number of alkyl halides is 3. The van der Waals surface area contributed by atoms with Crippen molar-refractivity contribution < 1.29 is 27.6 Å². The molecule has 29 heavy (non-hydrogen) atoms. The zero-order chi connectivity index (χ0) is 21.6. The fourth-order valence-electron chi connectivity index (χ4n) is 2.56. The number of carbonyl (C=O) groups excluding carboxylic acids is 1. The summed E-state index contributed by atoms with van der Waals surface area (Å²) in [6.45, 7) is -0.776. The van der Waals surface area contributed by atoms with E-state index in [1.807, 2.05) is 0 Å². The lowest BCUT2D eigenvalue weighted by Crippen LogP contribution is -2.27. The van der Waals surface area contributed by atoms with Gasteiger partial charge in [-0.1, -0.05) is 0 Å². The molecule has 1 aromatic heterocycles. The molecule has 0 saturated carbocycles. The number of imidazole rings is 1. The van der Waals surface area contributed by atoms with Crippen LogP contribution in [0.15, 0.2) is 30.6 Å². The second kappa shape index (κ2) is 9.37. The van der Waals surface area contributed by atoms with E-state index in [1.165, 1.54) is 37.7 Å². The van der Waals surface area contributed by atoms with Crippen molar-refractivity contribution in [1.29, 1.82) is 0 Å². The van der Waals surface area contributed by atoms with E-state index in [2.05, 4.69) is 10.3 Å². The maximum absolute atomic E-state index is 12.6. The van der Waals surface area contributed by atoms with Crippen LogP contribution in [0.1, 0.15) is 12.2 Å². The Morgan fingerprint density at radius 1 is 1.41 bits per heavy atom. The van der Waals surface area contributed by atoms with Crippen molar-refractivity contribution in [3.05, 3.63) is 46.5 Å². The number of benzene rings is 1. The molecule has 9 nitrogen and oxygen atoms in total. The number of nitrogens with zero attached hydrogens (tertiary/aromatic N) is 4. The summed E-state index contributed by atoms with van der Waals surface area (Å²) in [5.41, 5.74) is -0.0372. The van der Waals surface area contributed by atoms with E-state index >= 15 is 0 Å². The molecule has 0 aliphatic carbocycles. The van der Waals surface area contributed by atoms with E-state index in [4.69, 9.17) is 4.74 Å². The number of hydrogen-bond acceptors (Lipinski definition) is 6. The molecule has 0 saturated heterocycles. The summed E-state index contributed by atoms with van der Waals surface area (Å²) < 4.78 is 43.8. The lowest BCUT2D eigenvalue weighted by Gasteiger charge is -2.18. The third kappa shape index (κ3) is 6.75. The Morgan fingerprint density at radius 2 is 2.14 bits per heavy atom. The third-order valence-electron chi connectivity index (χ3n) is 3.95. The lowest BCUT2D eigenvalue weighted by atomic mass is 10.2. The second-order valence-corrected chi connectivity index (χ2v) is 6.26. The molecule has 0 aliphatic heterocycles. The maximum Gasteiger partial charge on any atom is 0.406 e. The van der Waals surface area contributed by atoms with E-state index in [1.54, 1.807) is 11.9 Å². The number of hydrogen-bond donors (Lipinski definition) is 1. The largest absolute Gasteiger partial charge is 0.495 e. The zero-order valence-electron chi connectivity index (χ0n) is 15.8. The summed E-state index contributed by atoms with van der Waals surface area (Å²) in [6, 6.07) is 3.82. The Labute approximate surface area is 164 Å². The number of rotatable bonds is 9. The minimum atomic E-state index is -4.36. The van der Waals surface area contributed by atoms with Crippen LogP contribution >= 0.6 is 0 Å². The second-order valence-electron chi connectivity index (χ2n) is 6.26. The summed E-state index contributed by atoms with van der Waals surface area (Å²) in [4.78, 5) is 28.1. The summed E-state index contributed by atoms with van der Waals surface area (Å²) in [6.07, 6.45) is -1.80. The van der Waals surface area contributed by atoms with Crippen molar-refractivity contribution in [1.82, 2.24) is 14.5 Å². The number of non-ortho nitro benzene ring substituents is 1. The summed E-state index contributed by atoms with van der Waals surface area (Å²) in [5, 5.41) is 13.4. The highest BCUT2D eigenvalue weighted by Crippen LogP contribution is 2.29. The van der Waals surface area contributed by atoms with Crippen molar-refractivity contribution in [3.63, 3.8) is 0 Å².